The van der Waals surface area contributed by atoms with Gasteiger partial charge in [0.15, 0.2) is 0 Å². The van der Waals surface area contributed by atoms with E-state index in [2.05, 4.69) is 39.6 Å². The minimum atomic E-state index is 0.547. The summed E-state index contributed by atoms with van der Waals surface area (Å²) in [5.74, 6) is 1.99. The van der Waals surface area contributed by atoms with E-state index in [-0.39, 0.29) is 0 Å². The Balaban J connectivity index is 1.75. The highest BCUT2D eigenvalue weighted by Gasteiger charge is 2.50. The van der Waals surface area contributed by atoms with Crippen molar-refractivity contribution in [3.8, 4) is 0 Å². The van der Waals surface area contributed by atoms with Gasteiger partial charge in [0.05, 0.1) is 0 Å². The second-order valence-electron chi connectivity index (χ2n) is 6.49. The zero-order chi connectivity index (χ0) is 13.3. The lowest BCUT2D eigenvalue weighted by atomic mass is 9.70. The van der Waals surface area contributed by atoms with Crippen LogP contribution in [-0.4, -0.2) is 13.1 Å². The van der Waals surface area contributed by atoms with Crippen molar-refractivity contribution in [3.05, 3.63) is 20.8 Å². The fourth-order valence-corrected chi connectivity index (χ4v) is 5.99. The topological polar surface area (TPSA) is 12.0 Å². The molecule has 19 heavy (non-hydrogen) atoms. The quantitative estimate of drug-likeness (QED) is 0.728. The smallest absolute Gasteiger partial charge is 0.0314 e. The Hall–Kier alpha value is 0.140. The summed E-state index contributed by atoms with van der Waals surface area (Å²) in [6.07, 6.45) is 8.44. The fourth-order valence-electron chi connectivity index (χ4n) is 4.34. The normalized spacial score (nSPS) is 33.2. The summed E-state index contributed by atoms with van der Waals surface area (Å²) in [6, 6.07) is 2.21. The molecule has 1 nitrogen and oxygen atoms in total. The average molecular weight is 342 g/mol. The lowest BCUT2D eigenvalue weighted by Crippen LogP contribution is -2.40. The van der Waals surface area contributed by atoms with E-state index in [4.69, 9.17) is 0 Å². The van der Waals surface area contributed by atoms with E-state index >= 15 is 0 Å². The van der Waals surface area contributed by atoms with E-state index in [1.54, 1.807) is 4.88 Å². The third-order valence-corrected chi connectivity index (χ3v) is 7.14. The van der Waals surface area contributed by atoms with E-state index < -0.39 is 0 Å². The first-order valence-corrected chi connectivity index (χ1v) is 9.33. The predicted octanol–water partition coefficient (Wildman–Crippen LogP) is 4.86. The van der Waals surface area contributed by atoms with Crippen molar-refractivity contribution < 1.29 is 0 Å². The molecular formula is C16H24BrNS. The van der Waals surface area contributed by atoms with Crippen molar-refractivity contribution in [2.24, 2.45) is 17.3 Å². The van der Waals surface area contributed by atoms with Crippen molar-refractivity contribution in [1.82, 2.24) is 5.32 Å². The highest BCUT2D eigenvalue weighted by atomic mass is 79.9. The predicted molar refractivity (Wildman–Crippen MR) is 86.8 cm³/mol. The summed E-state index contributed by atoms with van der Waals surface area (Å²) < 4.78 is 1.33. The number of hydrogen-bond acceptors (Lipinski definition) is 2. The van der Waals surface area contributed by atoms with Crippen LogP contribution < -0.4 is 5.32 Å². The molecule has 0 aliphatic heterocycles. The van der Waals surface area contributed by atoms with Crippen molar-refractivity contribution in [3.63, 3.8) is 0 Å². The van der Waals surface area contributed by atoms with Gasteiger partial charge >= 0.3 is 0 Å². The van der Waals surface area contributed by atoms with Gasteiger partial charge < -0.3 is 5.32 Å². The highest BCUT2D eigenvalue weighted by Crippen LogP contribution is 2.57. The molecule has 1 N–H and O–H groups in total. The molecule has 1 heterocycles. The molecule has 0 saturated heterocycles. The van der Waals surface area contributed by atoms with Gasteiger partial charge in [-0.25, -0.2) is 0 Å². The zero-order valence-electron chi connectivity index (χ0n) is 11.8. The van der Waals surface area contributed by atoms with Crippen LogP contribution in [0, 0.1) is 17.3 Å². The summed E-state index contributed by atoms with van der Waals surface area (Å²) in [5.41, 5.74) is 0.547. The van der Waals surface area contributed by atoms with E-state index in [1.165, 1.54) is 56.1 Å². The van der Waals surface area contributed by atoms with Crippen LogP contribution in [0.2, 0.25) is 0 Å². The lowest BCUT2D eigenvalue weighted by molar-refractivity contribution is 0.157. The summed E-state index contributed by atoms with van der Waals surface area (Å²) >= 11 is 5.65. The number of hydrogen-bond donors (Lipinski definition) is 1. The van der Waals surface area contributed by atoms with Gasteiger partial charge in [-0.05, 0) is 83.3 Å². The molecule has 1 aromatic heterocycles. The number of thiophene rings is 1. The molecule has 106 valence electrons. The Morgan fingerprint density at radius 1 is 1.47 bits per heavy atom. The van der Waals surface area contributed by atoms with Crippen molar-refractivity contribution >= 4 is 27.3 Å². The molecule has 0 amide bonds. The molecule has 2 fully saturated rings. The van der Waals surface area contributed by atoms with Crippen molar-refractivity contribution in [2.45, 2.75) is 45.4 Å². The fraction of sp³-hybridized carbons (Fsp3) is 0.750. The molecule has 0 spiro atoms. The molecule has 0 radical (unpaired) electrons. The Morgan fingerprint density at radius 3 is 2.95 bits per heavy atom. The average Bonchev–Trinajstić information content (AvgIpc) is 3.07. The number of fused-ring (bicyclic) bond motifs is 2. The van der Waals surface area contributed by atoms with Gasteiger partial charge in [-0.1, -0.05) is 13.3 Å². The van der Waals surface area contributed by atoms with Gasteiger partial charge in [0.2, 0.25) is 0 Å². The minimum absolute atomic E-state index is 0.547. The molecule has 1 aromatic rings. The van der Waals surface area contributed by atoms with Gasteiger partial charge in [-0.3, -0.25) is 0 Å². The van der Waals surface area contributed by atoms with E-state index in [0.717, 1.165) is 11.8 Å². The molecule has 2 bridgehead atoms. The highest BCUT2D eigenvalue weighted by molar-refractivity contribution is 9.10. The lowest BCUT2D eigenvalue weighted by Gasteiger charge is -2.38. The maximum Gasteiger partial charge on any atom is 0.0314 e. The maximum absolute atomic E-state index is 3.72. The van der Waals surface area contributed by atoms with Crippen LogP contribution in [0.15, 0.2) is 15.9 Å². The molecule has 2 aliphatic carbocycles. The SMILES string of the molecule is CCCNCC1(Cc2sccc2Br)CC2CCC1C2. The van der Waals surface area contributed by atoms with Crippen molar-refractivity contribution in [1.29, 1.82) is 0 Å². The van der Waals surface area contributed by atoms with Gasteiger partial charge in [-0.2, -0.15) is 0 Å². The number of rotatable bonds is 6. The van der Waals surface area contributed by atoms with E-state index in [1.807, 2.05) is 11.3 Å². The van der Waals surface area contributed by atoms with Gasteiger partial charge in [0.25, 0.3) is 0 Å². The molecule has 2 aliphatic rings. The van der Waals surface area contributed by atoms with Crippen LogP contribution in [0.3, 0.4) is 0 Å². The first-order chi connectivity index (χ1) is 9.23. The molecule has 0 aromatic carbocycles. The first kappa shape index (κ1) is 14.1. The molecule has 3 atom stereocenters. The second-order valence-corrected chi connectivity index (χ2v) is 8.34. The Labute approximate surface area is 129 Å². The third kappa shape index (κ3) is 2.79. The van der Waals surface area contributed by atoms with E-state index in [0.29, 0.717) is 5.41 Å². The Kier molecular flexibility index (Phi) is 4.35. The van der Waals surface area contributed by atoms with Crippen LogP contribution in [0.1, 0.15) is 43.9 Å². The summed E-state index contributed by atoms with van der Waals surface area (Å²) in [7, 11) is 0. The van der Waals surface area contributed by atoms with Gasteiger partial charge in [0.1, 0.15) is 0 Å². The number of nitrogens with one attached hydrogen (secondary N) is 1. The summed E-state index contributed by atoms with van der Waals surface area (Å²) in [4.78, 5) is 1.56. The second kappa shape index (κ2) is 5.87. The molecule has 3 rings (SSSR count). The first-order valence-electron chi connectivity index (χ1n) is 7.66. The minimum Gasteiger partial charge on any atom is -0.316 e. The van der Waals surface area contributed by atoms with Gasteiger partial charge in [-0.15, -0.1) is 11.3 Å². The van der Waals surface area contributed by atoms with Crippen LogP contribution >= 0.6 is 27.3 Å². The van der Waals surface area contributed by atoms with Crippen molar-refractivity contribution in [2.75, 3.05) is 13.1 Å². The Bertz CT molecular complexity index is 430. The van der Waals surface area contributed by atoms with Crippen LogP contribution in [-0.2, 0) is 6.42 Å². The number of halogens is 1. The van der Waals surface area contributed by atoms with Crippen LogP contribution in [0.5, 0.6) is 0 Å². The largest absolute Gasteiger partial charge is 0.316 e. The Morgan fingerprint density at radius 2 is 2.37 bits per heavy atom. The third-order valence-electron chi connectivity index (χ3n) is 5.21. The standard InChI is InChI=1S/C16H24BrNS/c1-2-6-18-11-16(9-12-3-4-13(16)8-12)10-15-14(17)5-7-19-15/h5,7,12-13,18H,2-4,6,8-11H2,1H3. The maximum atomic E-state index is 3.72. The van der Waals surface area contributed by atoms with Crippen LogP contribution in [0.25, 0.3) is 0 Å². The monoisotopic (exact) mass is 341 g/mol. The molecule has 3 heteroatoms. The van der Waals surface area contributed by atoms with Crippen LogP contribution in [0.4, 0.5) is 0 Å². The molecule has 2 saturated carbocycles. The zero-order valence-corrected chi connectivity index (χ0v) is 14.2. The van der Waals surface area contributed by atoms with E-state index in [9.17, 15) is 0 Å². The molecular weight excluding hydrogens is 318 g/mol. The summed E-state index contributed by atoms with van der Waals surface area (Å²) in [6.45, 7) is 4.66. The summed E-state index contributed by atoms with van der Waals surface area (Å²) in [5, 5.41) is 5.95. The molecule has 3 unspecified atom stereocenters. The van der Waals surface area contributed by atoms with Gasteiger partial charge in [0, 0.05) is 15.9 Å².